The molecular formula is C21H23N5O2S. The van der Waals surface area contributed by atoms with Crippen LogP contribution in [0.5, 0.6) is 0 Å². The van der Waals surface area contributed by atoms with Crippen molar-refractivity contribution in [1.82, 2.24) is 19.1 Å². The molecule has 5 rings (SSSR count). The third-order valence-corrected chi connectivity index (χ3v) is 7.59. The van der Waals surface area contributed by atoms with Crippen molar-refractivity contribution in [2.24, 2.45) is 0 Å². The number of fused-ring (bicyclic) bond motifs is 1. The van der Waals surface area contributed by atoms with Crippen molar-refractivity contribution in [2.75, 3.05) is 18.4 Å². The van der Waals surface area contributed by atoms with Crippen LogP contribution in [-0.4, -0.2) is 46.6 Å². The molecule has 1 fully saturated rings. The van der Waals surface area contributed by atoms with E-state index in [1.807, 2.05) is 35.1 Å². The Morgan fingerprint density at radius 3 is 2.59 bits per heavy atom. The van der Waals surface area contributed by atoms with Crippen LogP contribution in [0.3, 0.4) is 0 Å². The number of pyridine rings is 1. The molecule has 150 valence electrons. The molecule has 3 aromatic rings. The summed E-state index contributed by atoms with van der Waals surface area (Å²) in [5.41, 5.74) is 3.26. The molecule has 0 aliphatic carbocycles. The van der Waals surface area contributed by atoms with Gasteiger partial charge in [-0.15, -0.1) is 0 Å². The number of anilines is 1. The summed E-state index contributed by atoms with van der Waals surface area (Å²) in [6.45, 7) is 2.01. The molecule has 8 heteroatoms. The van der Waals surface area contributed by atoms with Crippen LogP contribution in [0.2, 0.25) is 0 Å². The molecule has 2 aliphatic heterocycles. The van der Waals surface area contributed by atoms with Gasteiger partial charge in [-0.25, -0.2) is 13.4 Å². The lowest BCUT2D eigenvalue weighted by Gasteiger charge is -2.16. The molecule has 1 aromatic carbocycles. The molecule has 0 radical (unpaired) electrons. The summed E-state index contributed by atoms with van der Waals surface area (Å²) in [7, 11) is -3.39. The van der Waals surface area contributed by atoms with Crippen LogP contribution in [0.15, 0.2) is 59.9 Å². The lowest BCUT2D eigenvalue weighted by atomic mass is 9.99. The fraction of sp³-hybridized carbons (Fsp3) is 0.333. The number of hydrogen-bond donors (Lipinski definition) is 1. The van der Waals surface area contributed by atoms with Crippen molar-refractivity contribution in [3.8, 4) is 11.1 Å². The summed E-state index contributed by atoms with van der Waals surface area (Å²) in [6.07, 6.45) is 8.26. The molecule has 1 saturated heterocycles. The van der Waals surface area contributed by atoms with E-state index in [0.29, 0.717) is 18.0 Å². The van der Waals surface area contributed by atoms with Gasteiger partial charge in [0.15, 0.2) is 0 Å². The predicted molar refractivity (Wildman–Crippen MR) is 111 cm³/mol. The highest BCUT2D eigenvalue weighted by atomic mass is 32.2. The lowest BCUT2D eigenvalue weighted by Crippen LogP contribution is -2.27. The molecule has 0 saturated carbocycles. The highest BCUT2D eigenvalue weighted by Gasteiger charge is 2.28. The highest BCUT2D eigenvalue weighted by molar-refractivity contribution is 7.89. The minimum absolute atomic E-state index is 0.230. The first-order valence-electron chi connectivity index (χ1n) is 9.94. The molecular weight excluding hydrogens is 386 g/mol. The Morgan fingerprint density at radius 2 is 1.86 bits per heavy atom. The van der Waals surface area contributed by atoms with Gasteiger partial charge in [0.1, 0.15) is 5.82 Å². The fourth-order valence-corrected chi connectivity index (χ4v) is 5.73. The molecule has 0 bridgehead atoms. The number of hydrogen-bond acceptors (Lipinski definition) is 5. The maximum atomic E-state index is 12.8. The van der Waals surface area contributed by atoms with E-state index in [1.54, 1.807) is 28.8 Å². The second-order valence-electron chi connectivity index (χ2n) is 7.59. The van der Waals surface area contributed by atoms with Crippen LogP contribution in [0.25, 0.3) is 11.1 Å². The molecule has 1 N–H and O–H groups in total. The zero-order valence-electron chi connectivity index (χ0n) is 16.0. The molecule has 29 heavy (non-hydrogen) atoms. The lowest BCUT2D eigenvalue weighted by molar-refractivity contribution is 0.477. The van der Waals surface area contributed by atoms with Gasteiger partial charge in [-0.2, -0.15) is 9.40 Å². The SMILES string of the molecule is O=S(=O)(c1ccc(-c2ccnc3c2CC(Cn2cccn2)N3)cc1)N1CCCC1. The summed E-state index contributed by atoms with van der Waals surface area (Å²) in [5, 5.41) is 7.76. The fourth-order valence-electron chi connectivity index (χ4n) is 4.21. The van der Waals surface area contributed by atoms with Gasteiger partial charge in [-0.05, 0) is 54.7 Å². The van der Waals surface area contributed by atoms with Gasteiger partial charge in [-0.3, -0.25) is 4.68 Å². The summed E-state index contributed by atoms with van der Waals surface area (Å²) in [4.78, 5) is 4.86. The number of nitrogens with zero attached hydrogens (tertiary/aromatic N) is 4. The normalized spacial score (nSPS) is 19.2. The summed E-state index contributed by atoms with van der Waals surface area (Å²) >= 11 is 0. The van der Waals surface area contributed by atoms with E-state index in [2.05, 4.69) is 15.4 Å². The second kappa shape index (κ2) is 7.27. The maximum absolute atomic E-state index is 12.8. The van der Waals surface area contributed by atoms with Crippen molar-refractivity contribution >= 4 is 15.8 Å². The van der Waals surface area contributed by atoms with E-state index in [0.717, 1.165) is 42.8 Å². The van der Waals surface area contributed by atoms with Crippen molar-refractivity contribution in [2.45, 2.75) is 36.7 Å². The van der Waals surface area contributed by atoms with Gasteiger partial charge >= 0.3 is 0 Å². The van der Waals surface area contributed by atoms with Crippen LogP contribution < -0.4 is 5.32 Å². The van der Waals surface area contributed by atoms with Crippen LogP contribution in [0.4, 0.5) is 5.82 Å². The quantitative estimate of drug-likeness (QED) is 0.701. The Labute approximate surface area is 170 Å². The van der Waals surface area contributed by atoms with Crippen molar-refractivity contribution in [3.63, 3.8) is 0 Å². The van der Waals surface area contributed by atoms with E-state index in [9.17, 15) is 8.42 Å². The van der Waals surface area contributed by atoms with Crippen LogP contribution in [-0.2, 0) is 23.0 Å². The minimum atomic E-state index is -3.39. The first kappa shape index (κ1) is 18.3. The Morgan fingerprint density at radius 1 is 1.07 bits per heavy atom. The predicted octanol–water partition coefficient (Wildman–Crippen LogP) is 2.77. The number of nitrogens with one attached hydrogen (secondary N) is 1. The molecule has 4 heterocycles. The van der Waals surface area contributed by atoms with Crippen molar-refractivity contribution in [1.29, 1.82) is 0 Å². The zero-order valence-corrected chi connectivity index (χ0v) is 16.8. The molecule has 0 spiro atoms. The van der Waals surface area contributed by atoms with Crippen molar-refractivity contribution < 1.29 is 8.42 Å². The molecule has 0 amide bonds. The second-order valence-corrected chi connectivity index (χ2v) is 9.53. The smallest absolute Gasteiger partial charge is 0.243 e. The van der Waals surface area contributed by atoms with Gasteiger partial charge in [0, 0.05) is 37.2 Å². The van der Waals surface area contributed by atoms with Crippen molar-refractivity contribution in [3.05, 3.63) is 60.6 Å². The van der Waals surface area contributed by atoms with E-state index in [-0.39, 0.29) is 6.04 Å². The van der Waals surface area contributed by atoms with E-state index in [4.69, 9.17) is 0 Å². The third kappa shape index (κ3) is 3.42. The van der Waals surface area contributed by atoms with Crippen LogP contribution in [0, 0.1) is 0 Å². The van der Waals surface area contributed by atoms with Gasteiger partial charge in [0.25, 0.3) is 0 Å². The van der Waals surface area contributed by atoms with E-state index >= 15 is 0 Å². The topological polar surface area (TPSA) is 80.1 Å². The standard InChI is InChI=1S/C21H23N5O2S/c27-29(28,26-12-1-2-13-26)18-6-4-16(5-7-18)19-8-10-22-21-20(19)14-17(24-21)15-25-11-3-9-23-25/h3-11,17H,1-2,12-15H2,(H,22,24). The molecule has 7 nitrogen and oxygen atoms in total. The summed E-state index contributed by atoms with van der Waals surface area (Å²) in [5.74, 6) is 0.897. The maximum Gasteiger partial charge on any atom is 0.243 e. The molecule has 1 unspecified atom stereocenters. The minimum Gasteiger partial charge on any atom is -0.365 e. The third-order valence-electron chi connectivity index (χ3n) is 5.68. The van der Waals surface area contributed by atoms with Gasteiger partial charge in [0.2, 0.25) is 10.0 Å². The number of benzene rings is 1. The van der Waals surface area contributed by atoms with Crippen LogP contribution >= 0.6 is 0 Å². The Balaban J connectivity index is 1.40. The molecule has 1 atom stereocenters. The average Bonchev–Trinajstić information content (AvgIpc) is 3.49. The van der Waals surface area contributed by atoms with E-state index in [1.165, 1.54) is 5.56 Å². The Bertz CT molecular complexity index is 1100. The Kier molecular flexibility index (Phi) is 4.60. The first-order chi connectivity index (χ1) is 14.1. The first-order valence-corrected chi connectivity index (χ1v) is 11.4. The monoisotopic (exact) mass is 409 g/mol. The number of aromatic nitrogens is 3. The van der Waals surface area contributed by atoms with Crippen LogP contribution in [0.1, 0.15) is 18.4 Å². The molecule has 2 aliphatic rings. The number of rotatable bonds is 5. The van der Waals surface area contributed by atoms with E-state index < -0.39 is 10.0 Å². The van der Waals surface area contributed by atoms with Gasteiger partial charge < -0.3 is 5.32 Å². The Hall–Kier alpha value is -2.71. The summed E-state index contributed by atoms with van der Waals surface area (Å²) < 4.78 is 29.0. The molecule has 2 aromatic heterocycles. The number of sulfonamides is 1. The zero-order chi connectivity index (χ0) is 19.8. The highest BCUT2D eigenvalue weighted by Crippen LogP contribution is 2.34. The summed E-state index contributed by atoms with van der Waals surface area (Å²) in [6, 6.07) is 11.4. The largest absolute Gasteiger partial charge is 0.365 e. The average molecular weight is 410 g/mol. The van der Waals surface area contributed by atoms with Gasteiger partial charge in [0.05, 0.1) is 17.5 Å². The van der Waals surface area contributed by atoms with Gasteiger partial charge in [-0.1, -0.05) is 12.1 Å².